The number of hydrogen-bond donors (Lipinski definition) is 1. The second-order valence-corrected chi connectivity index (χ2v) is 6.52. The first kappa shape index (κ1) is 14.3. The summed E-state index contributed by atoms with van der Waals surface area (Å²) in [7, 11) is 0. The van der Waals surface area contributed by atoms with Crippen molar-refractivity contribution in [1.82, 2.24) is 4.90 Å². The van der Waals surface area contributed by atoms with Crippen LogP contribution >= 0.6 is 27.5 Å². The molecular formula is C14H20BrClN2. The van der Waals surface area contributed by atoms with Gasteiger partial charge in [0.05, 0.1) is 0 Å². The molecule has 2 atom stereocenters. The molecule has 0 amide bonds. The van der Waals surface area contributed by atoms with E-state index in [9.17, 15) is 0 Å². The minimum absolute atomic E-state index is 0.618. The number of piperidine rings is 1. The third kappa shape index (κ3) is 3.47. The molecule has 0 aliphatic carbocycles. The first-order valence-electron chi connectivity index (χ1n) is 6.48. The van der Waals surface area contributed by atoms with Crippen LogP contribution in [0.2, 0.25) is 5.02 Å². The molecule has 1 aliphatic heterocycles. The minimum Gasteiger partial charge on any atom is -0.330 e. The van der Waals surface area contributed by atoms with E-state index in [0.717, 1.165) is 29.1 Å². The van der Waals surface area contributed by atoms with Crippen LogP contribution in [0.5, 0.6) is 0 Å². The fourth-order valence-electron chi connectivity index (χ4n) is 2.54. The molecule has 1 heterocycles. The third-order valence-corrected chi connectivity index (χ3v) is 4.68. The highest BCUT2D eigenvalue weighted by Gasteiger charge is 2.24. The van der Waals surface area contributed by atoms with Crippen LogP contribution in [0.4, 0.5) is 0 Å². The van der Waals surface area contributed by atoms with E-state index in [0.29, 0.717) is 12.0 Å². The number of likely N-dealkylation sites (tertiary alicyclic amines) is 1. The molecule has 2 unspecified atom stereocenters. The van der Waals surface area contributed by atoms with Crippen LogP contribution in [0.15, 0.2) is 22.7 Å². The summed E-state index contributed by atoms with van der Waals surface area (Å²) in [6.45, 7) is 5.09. The van der Waals surface area contributed by atoms with Crippen molar-refractivity contribution in [2.75, 3.05) is 13.1 Å². The van der Waals surface area contributed by atoms with Crippen molar-refractivity contribution < 1.29 is 0 Å². The Bertz CT molecular complexity index is 411. The molecule has 2 nitrogen and oxygen atoms in total. The summed E-state index contributed by atoms with van der Waals surface area (Å²) in [5, 5.41) is 0.839. The lowest BCUT2D eigenvalue weighted by Gasteiger charge is -2.37. The van der Waals surface area contributed by atoms with Gasteiger partial charge < -0.3 is 5.73 Å². The summed E-state index contributed by atoms with van der Waals surface area (Å²) in [6, 6.07) is 6.74. The molecule has 1 fully saturated rings. The lowest BCUT2D eigenvalue weighted by Crippen LogP contribution is -2.43. The molecule has 4 heteroatoms. The Labute approximate surface area is 123 Å². The summed E-state index contributed by atoms with van der Waals surface area (Å²) >= 11 is 9.72. The van der Waals surface area contributed by atoms with E-state index in [2.05, 4.69) is 39.9 Å². The van der Waals surface area contributed by atoms with Gasteiger partial charge in [0.1, 0.15) is 0 Å². The van der Waals surface area contributed by atoms with Gasteiger partial charge in [-0.05, 0) is 49.9 Å². The van der Waals surface area contributed by atoms with Crippen LogP contribution in [-0.2, 0) is 6.54 Å². The maximum absolute atomic E-state index is 6.29. The molecule has 1 aromatic carbocycles. The summed E-state index contributed by atoms with van der Waals surface area (Å²) in [5.74, 6) is 0.635. The second kappa shape index (κ2) is 6.38. The van der Waals surface area contributed by atoms with E-state index < -0.39 is 0 Å². The Morgan fingerprint density at radius 3 is 2.89 bits per heavy atom. The first-order chi connectivity index (χ1) is 8.60. The van der Waals surface area contributed by atoms with Crippen LogP contribution in [0.3, 0.4) is 0 Å². The maximum Gasteiger partial charge on any atom is 0.0462 e. The summed E-state index contributed by atoms with van der Waals surface area (Å²) in [6.07, 6.45) is 2.48. The van der Waals surface area contributed by atoms with Gasteiger partial charge in [-0.3, -0.25) is 4.90 Å². The Morgan fingerprint density at radius 2 is 2.22 bits per heavy atom. The van der Waals surface area contributed by atoms with Crippen LogP contribution in [0.25, 0.3) is 0 Å². The first-order valence-corrected chi connectivity index (χ1v) is 7.65. The van der Waals surface area contributed by atoms with E-state index in [1.54, 1.807) is 0 Å². The number of nitrogens with two attached hydrogens (primary N) is 1. The average Bonchev–Trinajstić information content (AvgIpc) is 2.35. The number of halogens is 2. The van der Waals surface area contributed by atoms with Gasteiger partial charge in [0.2, 0.25) is 0 Å². The standard InChI is InChI=1S/C14H20BrClN2/c1-10-2-3-11(7-17)8-18(10)9-12-4-5-13(15)6-14(12)16/h4-6,10-11H,2-3,7-9,17H2,1H3. The van der Waals surface area contributed by atoms with Crippen LogP contribution in [0, 0.1) is 5.92 Å². The highest BCUT2D eigenvalue weighted by atomic mass is 79.9. The van der Waals surface area contributed by atoms with Crippen molar-refractivity contribution in [1.29, 1.82) is 0 Å². The number of benzene rings is 1. The summed E-state index contributed by atoms with van der Waals surface area (Å²) in [5.41, 5.74) is 6.99. The molecule has 2 rings (SSSR count). The molecule has 1 aromatic rings. The Hall–Kier alpha value is -0.0900. The molecule has 0 saturated carbocycles. The zero-order chi connectivity index (χ0) is 13.1. The quantitative estimate of drug-likeness (QED) is 0.916. The summed E-state index contributed by atoms with van der Waals surface area (Å²) < 4.78 is 1.03. The van der Waals surface area contributed by atoms with E-state index in [1.165, 1.54) is 18.4 Å². The largest absolute Gasteiger partial charge is 0.330 e. The van der Waals surface area contributed by atoms with E-state index in [1.807, 2.05) is 6.07 Å². The molecule has 2 N–H and O–H groups in total. The molecule has 18 heavy (non-hydrogen) atoms. The molecule has 0 aromatic heterocycles. The van der Waals surface area contributed by atoms with Gasteiger partial charge in [0.25, 0.3) is 0 Å². The lowest BCUT2D eigenvalue weighted by molar-refractivity contribution is 0.113. The molecule has 1 saturated heterocycles. The highest BCUT2D eigenvalue weighted by molar-refractivity contribution is 9.10. The molecule has 1 aliphatic rings. The predicted octanol–water partition coefficient (Wildman–Crippen LogP) is 3.66. The second-order valence-electron chi connectivity index (χ2n) is 5.19. The number of hydrogen-bond acceptors (Lipinski definition) is 2. The molecular weight excluding hydrogens is 312 g/mol. The molecule has 0 radical (unpaired) electrons. The number of rotatable bonds is 3. The minimum atomic E-state index is 0.618. The van der Waals surface area contributed by atoms with Crippen molar-refractivity contribution in [3.8, 4) is 0 Å². The van der Waals surface area contributed by atoms with Crippen LogP contribution < -0.4 is 5.73 Å². The van der Waals surface area contributed by atoms with Gasteiger partial charge in [0, 0.05) is 28.6 Å². The average molecular weight is 332 g/mol. The van der Waals surface area contributed by atoms with Gasteiger partial charge >= 0.3 is 0 Å². The molecule has 100 valence electrons. The zero-order valence-corrected chi connectivity index (χ0v) is 13.0. The van der Waals surface area contributed by atoms with Gasteiger partial charge in [-0.2, -0.15) is 0 Å². The monoisotopic (exact) mass is 330 g/mol. The molecule has 0 spiro atoms. The van der Waals surface area contributed by atoms with E-state index in [4.69, 9.17) is 17.3 Å². The lowest BCUT2D eigenvalue weighted by atomic mass is 9.93. The highest BCUT2D eigenvalue weighted by Crippen LogP contribution is 2.27. The normalized spacial score (nSPS) is 25.3. The van der Waals surface area contributed by atoms with Crippen molar-refractivity contribution in [3.05, 3.63) is 33.3 Å². The zero-order valence-electron chi connectivity index (χ0n) is 10.7. The Morgan fingerprint density at radius 1 is 1.44 bits per heavy atom. The van der Waals surface area contributed by atoms with Crippen LogP contribution in [-0.4, -0.2) is 24.0 Å². The fourth-order valence-corrected chi connectivity index (χ4v) is 3.28. The molecule has 0 bridgehead atoms. The van der Waals surface area contributed by atoms with Crippen LogP contribution in [0.1, 0.15) is 25.3 Å². The number of nitrogens with zero attached hydrogens (tertiary/aromatic N) is 1. The van der Waals surface area contributed by atoms with Crippen molar-refractivity contribution in [3.63, 3.8) is 0 Å². The Kier molecular flexibility index (Phi) is 5.07. The maximum atomic E-state index is 6.29. The summed E-state index contributed by atoms with van der Waals surface area (Å²) in [4.78, 5) is 2.50. The van der Waals surface area contributed by atoms with Gasteiger partial charge in [-0.1, -0.05) is 33.6 Å². The fraction of sp³-hybridized carbons (Fsp3) is 0.571. The predicted molar refractivity (Wildman–Crippen MR) is 80.8 cm³/mol. The van der Waals surface area contributed by atoms with Crippen molar-refractivity contribution in [2.24, 2.45) is 11.7 Å². The Balaban J connectivity index is 2.07. The van der Waals surface area contributed by atoms with E-state index >= 15 is 0 Å². The van der Waals surface area contributed by atoms with Gasteiger partial charge in [-0.25, -0.2) is 0 Å². The SMILES string of the molecule is CC1CCC(CN)CN1Cc1ccc(Br)cc1Cl. The van der Waals surface area contributed by atoms with Gasteiger partial charge in [0.15, 0.2) is 0 Å². The smallest absolute Gasteiger partial charge is 0.0462 e. The van der Waals surface area contributed by atoms with Gasteiger partial charge in [-0.15, -0.1) is 0 Å². The third-order valence-electron chi connectivity index (χ3n) is 3.83. The van der Waals surface area contributed by atoms with Crippen molar-refractivity contribution >= 4 is 27.5 Å². The van der Waals surface area contributed by atoms with Crippen molar-refractivity contribution in [2.45, 2.75) is 32.4 Å². The van der Waals surface area contributed by atoms with E-state index in [-0.39, 0.29) is 0 Å². The topological polar surface area (TPSA) is 29.3 Å².